The van der Waals surface area contributed by atoms with Gasteiger partial charge in [0.25, 0.3) is 0 Å². The molecule has 0 bridgehead atoms. The third kappa shape index (κ3) is 2.26. The normalized spacial score (nSPS) is 12.7. The zero-order valence-electron chi connectivity index (χ0n) is 9.10. The van der Waals surface area contributed by atoms with Crippen molar-refractivity contribution < 1.29 is 0 Å². The molecule has 1 heterocycles. The molecule has 0 saturated carbocycles. The van der Waals surface area contributed by atoms with E-state index in [0.717, 1.165) is 5.56 Å². The summed E-state index contributed by atoms with van der Waals surface area (Å²) in [5.74, 6) is 0. The molecule has 0 radical (unpaired) electrons. The number of nitrogens with zero attached hydrogens (tertiary/aromatic N) is 2. The summed E-state index contributed by atoms with van der Waals surface area (Å²) in [6, 6.07) is 8.34. The third-order valence-electron chi connectivity index (χ3n) is 2.57. The molecule has 0 aliphatic rings. The van der Waals surface area contributed by atoms with Gasteiger partial charge in [0.05, 0.1) is 17.3 Å². The van der Waals surface area contributed by atoms with E-state index in [1.165, 1.54) is 5.56 Å². The number of rotatable bonds is 3. The van der Waals surface area contributed by atoms with Crippen LogP contribution in [0.2, 0.25) is 5.02 Å². The Bertz CT molecular complexity index is 461. The van der Waals surface area contributed by atoms with Crippen LogP contribution in [-0.4, -0.2) is 16.3 Å². The number of aryl methyl sites for hydroxylation is 1. The molecule has 4 heteroatoms. The molecular weight excluding hydrogens is 222 g/mol. The highest BCUT2D eigenvalue weighted by molar-refractivity contribution is 6.30. The summed E-state index contributed by atoms with van der Waals surface area (Å²) in [7, 11) is 0. The molecular formula is C12H14ClN3. The Balaban J connectivity index is 2.32. The minimum Gasteiger partial charge on any atom is -0.328 e. The van der Waals surface area contributed by atoms with Gasteiger partial charge >= 0.3 is 0 Å². The second-order valence-corrected chi connectivity index (χ2v) is 4.24. The molecule has 0 fully saturated rings. The van der Waals surface area contributed by atoms with Crippen LogP contribution < -0.4 is 5.73 Å². The quantitative estimate of drug-likeness (QED) is 0.888. The van der Waals surface area contributed by atoms with Crippen LogP contribution in [0.25, 0.3) is 0 Å². The molecule has 3 nitrogen and oxygen atoms in total. The Kier molecular flexibility index (Phi) is 3.27. The Morgan fingerprint density at radius 1 is 1.38 bits per heavy atom. The minimum atomic E-state index is 0.0492. The Morgan fingerprint density at radius 2 is 2.06 bits per heavy atom. The third-order valence-corrected chi connectivity index (χ3v) is 2.77. The van der Waals surface area contributed by atoms with Crippen molar-refractivity contribution in [3.05, 3.63) is 52.8 Å². The summed E-state index contributed by atoms with van der Waals surface area (Å²) in [6.45, 7) is 2.56. The molecule has 84 valence electrons. The fourth-order valence-electron chi connectivity index (χ4n) is 1.67. The van der Waals surface area contributed by atoms with Gasteiger partial charge in [0, 0.05) is 12.7 Å². The highest BCUT2D eigenvalue weighted by atomic mass is 35.5. The van der Waals surface area contributed by atoms with Crippen LogP contribution in [0.3, 0.4) is 0 Å². The van der Waals surface area contributed by atoms with Gasteiger partial charge in [0.1, 0.15) is 0 Å². The average Bonchev–Trinajstić information content (AvgIpc) is 2.69. The van der Waals surface area contributed by atoms with E-state index >= 15 is 0 Å². The number of hydrogen-bond acceptors (Lipinski definition) is 2. The van der Waals surface area contributed by atoms with Gasteiger partial charge in [0.2, 0.25) is 0 Å². The standard InChI is InChI=1S/C12H14ClN3/c1-9-2-4-10(5-3-9)12(6-14)16-8-11(13)7-15-16/h2-5,7-8,12H,6,14H2,1H3. The molecule has 1 aromatic carbocycles. The van der Waals surface area contributed by atoms with Crippen LogP contribution >= 0.6 is 11.6 Å². The van der Waals surface area contributed by atoms with Gasteiger partial charge in [-0.2, -0.15) is 5.10 Å². The molecule has 0 aliphatic carbocycles. The van der Waals surface area contributed by atoms with Crippen molar-refractivity contribution in [2.75, 3.05) is 6.54 Å². The van der Waals surface area contributed by atoms with Gasteiger partial charge in [0.15, 0.2) is 0 Å². The predicted octanol–water partition coefficient (Wildman–Crippen LogP) is 2.39. The van der Waals surface area contributed by atoms with Gasteiger partial charge in [-0.3, -0.25) is 4.68 Å². The van der Waals surface area contributed by atoms with E-state index in [1.54, 1.807) is 17.1 Å². The van der Waals surface area contributed by atoms with Gasteiger partial charge in [-0.05, 0) is 12.5 Å². The molecule has 0 spiro atoms. The minimum absolute atomic E-state index is 0.0492. The van der Waals surface area contributed by atoms with Crippen LogP contribution in [0.15, 0.2) is 36.7 Å². The molecule has 1 atom stereocenters. The molecule has 1 aromatic heterocycles. The van der Waals surface area contributed by atoms with E-state index in [9.17, 15) is 0 Å². The molecule has 16 heavy (non-hydrogen) atoms. The van der Waals surface area contributed by atoms with Gasteiger partial charge in [-0.1, -0.05) is 41.4 Å². The highest BCUT2D eigenvalue weighted by Gasteiger charge is 2.12. The first-order chi connectivity index (χ1) is 7.70. The second kappa shape index (κ2) is 4.68. The number of nitrogens with two attached hydrogens (primary N) is 1. The van der Waals surface area contributed by atoms with Crippen molar-refractivity contribution in [3.8, 4) is 0 Å². The predicted molar refractivity (Wildman–Crippen MR) is 65.6 cm³/mol. The molecule has 1 unspecified atom stereocenters. The average molecular weight is 236 g/mol. The summed E-state index contributed by atoms with van der Waals surface area (Å²) in [4.78, 5) is 0. The first kappa shape index (κ1) is 11.2. The van der Waals surface area contributed by atoms with Gasteiger partial charge in [-0.15, -0.1) is 0 Å². The Morgan fingerprint density at radius 3 is 2.56 bits per heavy atom. The molecule has 2 aromatic rings. The largest absolute Gasteiger partial charge is 0.328 e. The van der Waals surface area contributed by atoms with Gasteiger partial charge < -0.3 is 5.73 Å². The number of halogens is 1. The van der Waals surface area contributed by atoms with E-state index in [-0.39, 0.29) is 6.04 Å². The van der Waals surface area contributed by atoms with Gasteiger partial charge in [-0.25, -0.2) is 0 Å². The van der Waals surface area contributed by atoms with E-state index in [0.29, 0.717) is 11.6 Å². The molecule has 0 amide bonds. The van der Waals surface area contributed by atoms with Crippen molar-refractivity contribution in [1.82, 2.24) is 9.78 Å². The van der Waals surface area contributed by atoms with Crippen LogP contribution in [0.5, 0.6) is 0 Å². The van der Waals surface area contributed by atoms with E-state index in [1.807, 2.05) is 0 Å². The lowest BCUT2D eigenvalue weighted by molar-refractivity contribution is 0.532. The first-order valence-corrected chi connectivity index (χ1v) is 5.55. The first-order valence-electron chi connectivity index (χ1n) is 5.17. The topological polar surface area (TPSA) is 43.8 Å². The van der Waals surface area contributed by atoms with E-state index < -0.39 is 0 Å². The van der Waals surface area contributed by atoms with Crippen molar-refractivity contribution in [2.24, 2.45) is 5.73 Å². The summed E-state index contributed by atoms with van der Waals surface area (Å²) in [5, 5.41) is 4.82. The van der Waals surface area contributed by atoms with E-state index in [4.69, 9.17) is 17.3 Å². The molecule has 2 rings (SSSR count). The van der Waals surface area contributed by atoms with Crippen molar-refractivity contribution in [3.63, 3.8) is 0 Å². The van der Waals surface area contributed by atoms with Crippen molar-refractivity contribution >= 4 is 11.6 Å². The number of hydrogen-bond donors (Lipinski definition) is 1. The lowest BCUT2D eigenvalue weighted by Crippen LogP contribution is -2.20. The van der Waals surface area contributed by atoms with Crippen LogP contribution in [-0.2, 0) is 0 Å². The molecule has 0 aliphatic heterocycles. The maximum absolute atomic E-state index is 5.85. The zero-order chi connectivity index (χ0) is 11.5. The lowest BCUT2D eigenvalue weighted by Gasteiger charge is -2.15. The Labute approximate surface area is 99.8 Å². The fraction of sp³-hybridized carbons (Fsp3) is 0.250. The maximum atomic E-state index is 5.85. The van der Waals surface area contributed by atoms with Crippen molar-refractivity contribution in [1.29, 1.82) is 0 Å². The van der Waals surface area contributed by atoms with Crippen LogP contribution in [0, 0.1) is 6.92 Å². The summed E-state index contributed by atoms with van der Waals surface area (Å²) >= 11 is 5.85. The monoisotopic (exact) mass is 235 g/mol. The zero-order valence-corrected chi connectivity index (χ0v) is 9.85. The van der Waals surface area contributed by atoms with Crippen LogP contribution in [0.1, 0.15) is 17.2 Å². The highest BCUT2D eigenvalue weighted by Crippen LogP contribution is 2.18. The summed E-state index contributed by atoms with van der Waals surface area (Å²) in [5.41, 5.74) is 8.16. The maximum Gasteiger partial charge on any atom is 0.0891 e. The SMILES string of the molecule is Cc1ccc(C(CN)n2cc(Cl)cn2)cc1. The molecule has 0 saturated heterocycles. The fourth-order valence-corrected chi connectivity index (χ4v) is 1.81. The smallest absolute Gasteiger partial charge is 0.0891 e. The van der Waals surface area contributed by atoms with Crippen molar-refractivity contribution in [2.45, 2.75) is 13.0 Å². The number of aromatic nitrogens is 2. The summed E-state index contributed by atoms with van der Waals surface area (Å²) in [6.07, 6.45) is 3.41. The Hall–Kier alpha value is -1.32. The second-order valence-electron chi connectivity index (χ2n) is 3.80. The number of benzene rings is 1. The lowest BCUT2D eigenvalue weighted by atomic mass is 10.1. The molecule has 2 N–H and O–H groups in total. The summed E-state index contributed by atoms with van der Waals surface area (Å²) < 4.78 is 1.80. The van der Waals surface area contributed by atoms with Crippen LogP contribution in [0.4, 0.5) is 0 Å². The van der Waals surface area contributed by atoms with E-state index in [2.05, 4.69) is 36.3 Å².